The second kappa shape index (κ2) is 4.93. The zero-order chi connectivity index (χ0) is 13.3. The average molecular weight is 253 g/mol. The van der Waals surface area contributed by atoms with E-state index in [0.717, 1.165) is 30.6 Å². The van der Waals surface area contributed by atoms with Crippen LogP contribution in [0.15, 0.2) is 9.59 Å². The van der Waals surface area contributed by atoms with Gasteiger partial charge in [0.1, 0.15) is 0 Å². The summed E-state index contributed by atoms with van der Waals surface area (Å²) in [7, 11) is 4.97. The molecule has 1 saturated heterocycles. The van der Waals surface area contributed by atoms with Crippen molar-refractivity contribution in [1.29, 1.82) is 0 Å². The average Bonchev–Trinajstić information content (AvgIpc) is 2.80. The predicted octanol–water partition coefficient (Wildman–Crippen LogP) is -1.48. The Morgan fingerprint density at radius 2 is 2.11 bits per heavy atom. The Kier molecular flexibility index (Phi) is 3.51. The van der Waals surface area contributed by atoms with Gasteiger partial charge in [0.2, 0.25) is 5.82 Å². The highest BCUT2D eigenvalue weighted by atomic mass is 16.2. The van der Waals surface area contributed by atoms with Gasteiger partial charge in [-0.15, -0.1) is 5.10 Å². The van der Waals surface area contributed by atoms with Crippen molar-refractivity contribution in [2.45, 2.75) is 6.42 Å². The van der Waals surface area contributed by atoms with E-state index in [-0.39, 0.29) is 5.56 Å². The summed E-state index contributed by atoms with van der Waals surface area (Å²) in [6, 6.07) is 0. The Morgan fingerprint density at radius 1 is 1.39 bits per heavy atom. The molecule has 1 aromatic rings. The van der Waals surface area contributed by atoms with Gasteiger partial charge >= 0.3 is 5.69 Å². The molecule has 1 unspecified atom stereocenters. The molecule has 1 atom stereocenters. The Morgan fingerprint density at radius 3 is 2.78 bits per heavy atom. The Bertz CT molecular complexity index is 547. The van der Waals surface area contributed by atoms with Crippen LogP contribution in [0.2, 0.25) is 0 Å². The molecule has 0 radical (unpaired) electrons. The summed E-state index contributed by atoms with van der Waals surface area (Å²) in [6.45, 7) is 2.55. The van der Waals surface area contributed by atoms with E-state index in [4.69, 9.17) is 0 Å². The quantitative estimate of drug-likeness (QED) is 0.711. The number of nitrogens with one attached hydrogen (secondary N) is 1. The molecule has 0 saturated carbocycles. The normalized spacial score (nSPS) is 19.5. The monoisotopic (exact) mass is 253 g/mol. The third-order valence-electron chi connectivity index (χ3n) is 3.38. The Balaban J connectivity index is 2.31. The van der Waals surface area contributed by atoms with Crippen LogP contribution in [0.25, 0.3) is 0 Å². The molecule has 0 bridgehead atoms. The number of rotatable bonds is 3. The molecule has 2 rings (SSSR count). The summed E-state index contributed by atoms with van der Waals surface area (Å²) in [5.41, 5.74) is -0.710. The van der Waals surface area contributed by atoms with E-state index in [1.165, 1.54) is 11.7 Å². The molecule has 0 amide bonds. The van der Waals surface area contributed by atoms with E-state index in [9.17, 15) is 9.59 Å². The number of hydrogen-bond donors (Lipinski definition) is 1. The SMILES string of the molecule is CNCC1CCN(c2nn(C)c(=O)n(C)c2=O)C1. The van der Waals surface area contributed by atoms with E-state index in [0.29, 0.717) is 11.7 Å². The third-order valence-corrected chi connectivity index (χ3v) is 3.38. The molecule has 2 heterocycles. The first kappa shape index (κ1) is 12.8. The Labute approximate surface area is 105 Å². The summed E-state index contributed by atoms with van der Waals surface area (Å²) in [6.07, 6.45) is 1.04. The van der Waals surface area contributed by atoms with E-state index in [1.54, 1.807) is 7.05 Å². The second-order valence-electron chi connectivity index (χ2n) is 4.75. The molecule has 0 aliphatic carbocycles. The fourth-order valence-electron chi connectivity index (χ4n) is 2.36. The second-order valence-corrected chi connectivity index (χ2v) is 4.75. The van der Waals surface area contributed by atoms with Crippen LogP contribution in [0.5, 0.6) is 0 Å². The number of nitrogens with zero attached hydrogens (tertiary/aromatic N) is 4. The van der Waals surface area contributed by atoms with E-state index in [1.807, 2.05) is 11.9 Å². The molecule has 0 aromatic carbocycles. The van der Waals surface area contributed by atoms with Crippen LogP contribution in [0.3, 0.4) is 0 Å². The van der Waals surface area contributed by atoms with Crippen LogP contribution in [0.1, 0.15) is 6.42 Å². The van der Waals surface area contributed by atoms with Crippen molar-refractivity contribution >= 4 is 5.82 Å². The largest absolute Gasteiger partial charge is 0.350 e. The van der Waals surface area contributed by atoms with E-state index >= 15 is 0 Å². The maximum Gasteiger partial charge on any atom is 0.346 e. The van der Waals surface area contributed by atoms with Gasteiger partial charge in [0.05, 0.1) is 0 Å². The first-order valence-corrected chi connectivity index (χ1v) is 6.08. The molecular weight excluding hydrogens is 234 g/mol. The van der Waals surface area contributed by atoms with Gasteiger partial charge in [-0.05, 0) is 25.9 Å². The number of aryl methyl sites for hydroxylation is 1. The van der Waals surface area contributed by atoms with Gasteiger partial charge in [-0.2, -0.15) is 0 Å². The zero-order valence-corrected chi connectivity index (χ0v) is 11.0. The number of aromatic nitrogens is 3. The minimum absolute atomic E-state index is 0.316. The van der Waals surface area contributed by atoms with Gasteiger partial charge in [-0.3, -0.25) is 9.36 Å². The van der Waals surface area contributed by atoms with Crippen LogP contribution in [-0.2, 0) is 14.1 Å². The summed E-state index contributed by atoms with van der Waals surface area (Å²) in [5.74, 6) is 0.900. The minimum atomic E-state index is -0.394. The van der Waals surface area contributed by atoms with Gasteiger partial charge in [-0.1, -0.05) is 0 Å². The first-order valence-electron chi connectivity index (χ1n) is 6.08. The lowest BCUT2D eigenvalue weighted by atomic mass is 10.1. The van der Waals surface area contributed by atoms with Crippen LogP contribution < -0.4 is 21.5 Å². The van der Waals surface area contributed by atoms with Crippen molar-refractivity contribution in [1.82, 2.24) is 19.7 Å². The third kappa shape index (κ3) is 2.17. The fourth-order valence-corrected chi connectivity index (χ4v) is 2.36. The van der Waals surface area contributed by atoms with Crippen molar-refractivity contribution in [2.75, 3.05) is 31.6 Å². The molecule has 18 heavy (non-hydrogen) atoms. The molecule has 1 N–H and O–H groups in total. The van der Waals surface area contributed by atoms with Crippen molar-refractivity contribution in [3.05, 3.63) is 20.8 Å². The van der Waals surface area contributed by atoms with Gasteiger partial charge < -0.3 is 10.2 Å². The molecule has 7 nitrogen and oxygen atoms in total. The van der Waals surface area contributed by atoms with Crippen molar-refractivity contribution < 1.29 is 0 Å². The first-order chi connectivity index (χ1) is 8.54. The van der Waals surface area contributed by atoms with Crippen molar-refractivity contribution in [2.24, 2.45) is 20.0 Å². The highest BCUT2D eigenvalue weighted by molar-refractivity contribution is 5.36. The highest BCUT2D eigenvalue weighted by Gasteiger charge is 2.25. The molecule has 1 aromatic heterocycles. The lowest BCUT2D eigenvalue weighted by molar-refractivity contribution is 0.546. The van der Waals surface area contributed by atoms with Crippen LogP contribution in [-0.4, -0.2) is 41.0 Å². The summed E-state index contributed by atoms with van der Waals surface area (Å²) in [4.78, 5) is 25.5. The molecule has 1 aliphatic heterocycles. The lowest BCUT2D eigenvalue weighted by Gasteiger charge is -2.17. The van der Waals surface area contributed by atoms with Crippen molar-refractivity contribution in [3.8, 4) is 0 Å². The highest BCUT2D eigenvalue weighted by Crippen LogP contribution is 2.18. The molecule has 100 valence electrons. The molecule has 1 fully saturated rings. The van der Waals surface area contributed by atoms with E-state index in [2.05, 4.69) is 10.4 Å². The molecule has 7 heteroatoms. The maximum atomic E-state index is 12.0. The topological polar surface area (TPSA) is 72.2 Å². The summed E-state index contributed by atoms with van der Waals surface area (Å²) >= 11 is 0. The number of anilines is 1. The van der Waals surface area contributed by atoms with Gasteiger partial charge in [0.25, 0.3) is 5.56 Å². The fraction of sp³-hybridized carbons (Fsp3) is 0.727. The maximum absolute atomic E-state index is 12.0. The molecule has 0 spiro atoms. The van der Waals surface area contributed by atoms with Gasteiger partial charge in [0, 0.05) is 27.2 Å². The zero-order valence-electron chi connectivity index (χ0n) is 11.0. The van der Waals surface area contributed by atoms with Crippen LogP contribution >= 0.6 is 0 Å². The van der Waals surface area contributed by atoms with Gasteiger partial charge in [-0.25, -0.2) is 9.48 Å². The predicted molar refractivity (Wildman–Crippen MR) is 69.0 cm³/mol. The number of hydrogen-bond acceptors (Lipinski definition) is 5. The van der Waals surface area contributed by atoms with Crippen LogP contribution in [0, 0.1) is 5.92 Å². The molecular formula is C11H19N5O2. The lowest BCUT2D eigenvalue weighted by Crippen LogP contribution is -2.42. The Hall–Kier alpha value is -1.63. The van der Waals surface area contributed by atoms with E-state index < -0.39 is 5.69 Å². The standard InChI is InChI=1S/C11H19N5O2/c1-12-6-8-4-5-16(7-8)9-10(17)14(2)11(18)15(3)13-9/h8,12H,4-7H2,1-3H3. The van der Waals surface area contributed by atoms with Crippen LogP contribution in [0.4, 0.5) is 5.82 Å². The molecule has 1 aliphatic rings. The smallest absolute Gasteiger partial charge is 0.346 e. The van der Waals surface area contributed by atoms with Gasteiger partial charge in [0.15, 0.2) is 0 Å². The van der Waals surface area contributed by atoms with Crippen molar-refractivity contribution in [3.63, 3.8) is 0 Å². The minimum Gasteiger partial charge on any atom is -0.350 e. The summed E-state index contributed by atoms with van der Waals surface area (Å²) in [5, 5.41) is 7.23. The summed E-state index contributed by atoms with van der Waals surface area (Å²) < 4.78 is 2.32.